The van der Waals surface area contributed by atoms with Crippen LogP contribution in [0.25, 0.3) is 11.0 Å². The number of aromatic nitrogens is 4. The van der Waals surface area contributed by atoms with E-state index in [0.29, 0.717) is 30.1 Å². The molecule has 3 heterocycles. The SMILES string of the molecule is Nc1cc(C(=O)N2CCC(c3nc4ccc(F)cc4[nH]3)CC2)[nH]n1. The van der Waals surface area contributed by atoms with E-state index in [0.717, 1.165) is 24.2 Å². The van der Waals surface area contributed by atoms with Gasteiger partial charge in [-0.15, -0.1) is 0 Å². The number of imidazole rings is 1. The number of benzene rings is 1. The minimum Gasteiger partial charge on any atom is -0.382 e. The van der Waals surface area contributed by atoms with Crippen molar-refractivity contribution >= 4 is 22.8 Å². The summed E-state index contributed by atoms with van der Waals surface area (Å²) in [6.07, 6.45) is 1.61. The number of nitrogens with zero attached hydrogens (tertiary/aromatic N) is 3. The summed E-state index contributed by atoms with van der Waals surface area (Å²) in [6.45, 7) is 1.27. The Balaban J connectivity index is 1.46. The molecule has 0 atom stereocenters. The Bertz CT molecular complexity index is 893. The van der Waals surface area contributed by atoms with Gasteiger partial charge in [-0.2, -0.15) is 5.10 Å². The summed E-state index contributed by atoms with van der Waals surface area (Å²) >= 11 is 0. The summed E-state index contributed by atoms with van der Waals surface area (Å²) in [7, 11) is 0. The number of nitrogens with one attached hydrogen (secondary N) is 2. The number of nitrogens with two attached hydrogens (primary N) is 1. The Labute approximate surface area is 137 Å². The van der Waals surface area contributed by atoms with Gasteiger partial charge < -0.3 is 15.6 Å². The van der Waals surface area contributed by atoms with Gasteiger partial charge >= 0.3 is 0 Å². The third kappa shape index (κ3) is 2.60. The number of carbonyl (C=O) groups excluding carboxylic acids is 1. The molecule has 1 saturated heterocycles. The maximum absolute atomic E-state index is 13.3. The fourth-order valence-electron chi connectivity index (χ4n) is 3.17. The quantitative estimate of drug-likeness (QED) is 0.669. The highest BCUT2D eigenvalue weighted by Crippen LogP contribution is 2.28. The second-order valence-corrected chi connectivity index (χ2v) is 6.06. The highest BCUT2D eigenvalue weighted by Gasteiger charge is 2.27. The smallest absolute Gasteiger partial charge is 0.271 e. The third-order valence-electron chi connectivity index (χ3n) is 4.46. The molecule has 0 radical (unpaired) electrons. The number of amides is 1. The predicted octanol–water partition coefficient (Wildman–Crippen LogP) is 2.03. The number of fused-ring (bicyclic) bond motifs is 1. The van der Waals surface area contributed by atoms with Crippen LogP contribution in [0.4, 0.5) is 10.2 Å². The molecule has 24 heavy (non-hydrogen) atoms. The molecule has 0 spiro atoms. The maximum Gasteiger partial charge on any atom is 0.271 e. The molecule has 0 aliphatic carbocycles. The van der Waals surface area contributed by atoms with Gasteiger partial charge in [0.2, 0.25) is 0 Å². The molecule has 1 amide bonds. The van der Waals surface area contributed by atoms with Crippen LogP contribution in [0.1, 0.15) is 35.1 Å². The Morgan fingerprint density at radius 1 is 1.29 bits per heavy atom. The van der Waals surface area contributed by atoms with Crippen molar-refractivity contribution in [1.29, 1.82) is 0 Å². The number of H-pyrrole nitrogens is 2. The van der Waals surface area contributed by atoms with E-state index in [-0.39, 0.29) is 17.6 Å². The number of anilines is 1. The molecular weight excluding hydrogens is 311 g/mol. The van der Waals surface area contributed by atoms with Gasteiger partial charge in [0.15, 0.2) is 0 Å². The van der Waals surface area contributed by atoms with Gasteiger partial charge in [0.25, 0.3) is 5.91 Å². The molecule has 1 fully saturated rings. The molecule has 3 aromatic rings. The first kappa shape index (κ1) is 14.7. The van der Waals surface area contributed by atoms with Crippen LogP contribution in [-0.4, -0.2) is 44.1 Å². The zero-order valence-corrected chi connectivity index (χ0v) is 12.9. The van der Waals surface area contributed by atoms with Gasteiger partial charge in [0.1, 0.15) is 23.2 Å². The molecule has 0 bridgehead atoms. The topological polar surface area (TPSA) is 104 Å². The van der Waals surface area contributed by atoms with Crippen LogP contribution < -0.4 is 5.73 Å². The summed E-state index contributed by atoms with van der Waals surface area (Å²) in [5.74, 6) is 1.02. The van der Waals surface area contributed by atoms with Crippen molar-refractivity contribution in [2.45, 2.75) is 18.8 Å². The van der Waals surface area contributed by atoms with Crippen molar-refractivity contribution in [2.75, 3.05) is 18.8 Å². The summed E-state index contributed by atoms with van der Waals surface area (Å²) in [4.78, 5) is 21.9. The van der Waals surface area contributed by atoms with Gasteiger partial charge in [-0.05, 0) is 31.0 Å². The summed E-state index contributed by atoms with van der Waals surface area (Å²) in [5, 5.41) is 6.43. The number of halogens is 1. The number of nitrogen functional groups attached to an aromatic ring is 1. The number of likely N-dealkylation sites (tertiary alicyclic amines) is 1. The van der Waals surface area contributed by atoms with Crippen LogP contribution in [0.2, 0.25) is 0 Å². The predicted molar refractivity (Wildman–Crippen MR) is 86.9 cm³/mol. The summed E-state index contributed by atoms with van der Waals surface area (Å²) in [6, 6.07) is 6.08. The Hall–Kier alpha value is -2.90. The van der Waals surface area contributed by atoms with E-state index in [2.05, 4.69) is 20.2 Å². The summed E-state index contributed by atoms with van der Waals surface area (Å²) < 4.78 is 13.3. The lowest BCUT2D eigenvalue weighted by molar-refractivity contribution is 0.0705. The molecule has 1 aliphatic rings. The molecule has 7 nitrogen and oxygen atoms in total. The normalized spacial score (nSPS) is 16.0. The van der Waals surface area contributed by atoms with E-state index >= 15 is 0 Å². The van der Waals surface area contributed by atoms with Crippen molar-refractivity contribution in [3.63, 3.8) is 0 Å². The van der Waals surface area contributed by atoms with Crippen molar-refractivity contribution in [3.05, 3.63) is 41.6 Å². The molecule has 1 aromatic carbocycles. The van der Waals surface area contributed by atoms with E-state index in [1.54, 1.807) is 17.0 Å². The lowest BCUT2D eigenvalue weighted by Crippen LogP contribution is -2.38. The van der Waals surface area contributed by atoms with Crippen LogP contribution in [0.3, 0.4) is 0 Å². The second-order valence-electron chi connectivity index (χ2n) is 6.06. The lowest BCUT2D eigenvalue weighted by atomic mass is 9.96. The first-order valence-corrected chi connectivity index (χ1v) is 7.85. The van der Waals surface area contributed by atoms with Crippen molar-refractivity contribution in [1.82, 2.24) is 25.1 Å². The monoisotopic (exact) mass is 328 g/mol. The van der Waals surface area contributed by atoms with E-state index in [1.165, 1.54) is 12.1 Å². The van der Waals surface area contributed by atoms with Crippen LogP contribution >= 0.6 is 0 Å². The maximum atomic E-state index is 13.3. The molecule has 1 aliphatic heterocycles. The average molecular weight is 328 g/mol. The number of aromatic amines is 2. The fourth-order valence-corrected chi connectivity index (χ4v) is 3.17. The third-order valence-corrected chi connectivity index (χ3v) is 4.46. The van der Waals surface area contributed by atoms with E-state index in [1.807, 2.05) is 0 Å². The first-order chi connectivity index (χ1) is 11.6. The standard InChI is InChI=1S/C16H17FN6O/c17-10-1-2-11-12(7-10)20-15(19-11)9-3-5-23(6-4-9)16(24)13-8-14(18)22-21-13/h1-2,7-9H,3-6H2,(H,19,20)(H3,18,21,22). The fraction of sp³-hybridized carbons (Fsp3) is 0.312. The van der Waals surface area contributed by atoms with Gasteiger partial charge in [-0.1, -0.05) is 0 Å². The van der Waals surface area contributed by atoms with Crippen LogP contribution in [0, 0.1) is 5.82 Å². The first-order valence-electron chi connectivity index (χ1n) is 7.85. The van der Waals surface area contributed by atoms with Crippen LogP contribution in [0.15, 0.2) is 24.3 Å². The van der Waals surface area contributed by atoms with Crippen LogP contribution in [0.5, 0.6) is 0 Å². The van der Waals surface area contributed by atoms with Gasteiger partial charge in [-0.3, -0.25) is 9.89 Å². The zero-order valence-electron chi connectivity index (χ0n) is 12.9. The van der Waals surface area contributed by atoms with E-state index < -0.39 is 0 Å². The number of carbonyl (C=O) groups is 1. The molecule has 4 rings (SSSR count). The number of piperidine rings is 1. The highest BCUT2D eigenvalue weighted by atomic mass is 19.1. The largest absolute Gasteiger partial charge is 0.382 e. The van der Waals surface area contributed by atoms with Gasteiger partial charge in [-0.25, -0.2) is 9.37 Å². The zero-order chi connectivity index (χ0) is 16.7. The van der Waals surface area contributed by atoms with E-state index in [9.17, 15) is 9.18 Å². The Morgan fingerprint density at radius 3 is 2.79 bits per heavy atom. The Kier molecular flexibility index (Phi) is 3.44. The Morgan fingerprint density at radius 2 is 2.08 bits per heavy atom. The molecular formula is C16H17FN6O. The minimum absolute atomic E-state index is 0.0932. The molecule has 8 heteroatoms. The average Bonchev–Trinajstić information content (AvgIpc) is 3.20. The number of hydrogen-bond acceptors (Lipinski definition) is 4. The number of hydrogen-bond donors (Lipinski definition) is 3. The summed E-state index contributed by atoms with van der Waals surface area (Å²) in [5.41, 5.74) is 7.41. The molecule has 2 aromatic heterocycles. The highest BCUT2D eigenvalue weighted by molar-refractivity contribution is 5.93. The van der Waals surface area contributed by atoms with Gasteiger partial charge in [0, 0.05) is 25.1 Å². The van der Waals surface area contributed by atoms with Crippen molar-refractivity contribution in [3.8, 4) is 0 Å². The molecule has 124 valence electrons. The molecule has 0 unspecified atom stereocenters. The van der Waals surface area contributed by atoms with E-state index in [4.69, 9.17) is 5.73 Å². The van der Waals surface area contributed by atoms with Crippen LogP contribution in [-0.2, 0) is 0 Å². The second kappa shape index (κ2) is 5.63. The lowest BCUT2D eigenvalue weighted by Gasteiger charge is -2.30. The van der Waals surface area contributed by atoms with Gasteiger partial charge in [0.05, 0.1) is 11.0 Å². The van der Waals surface area contributed by atoms with Crippen molar-refractivity contribution < 1.29 is 9.18 Å². The van der Waals surface area contributed by atoms with Crippen molar-refractivity contribution in [2.24, 2.45) is 0 Å². The minimum atomic E-state index is -0.281. The molecule has 0 saturated carbocycles. The number of rotatable bonds is 2. The molecule has 4 N–H and O–H groups in total.